The lowest BCUT2D eigenvalue weighted by atomic mass is 9.77. The number of hydrogen-bond donors (Lipinski definition) is 3. The summed E-state index contributed by atoms with van der Waals surface area (Å²) in [5.41, 5.74) is 5.02. The molecule has 1 rings (SSSR count). The van der Waals surface area contributed by atoms with E-state index in [4.69, 9.17) is 10.8 Å². The summed E-state index contributed by atoms with van der Waals surface area (Å²) in [6.45, 7) is 1.66. The fourth-order valence-corrected chi connectivity index (χ4v) is 1.47. The van der Waals surface area contributed by atoms with Gasteiger partial charge in [-0.1, -0.05) is 0 Å². The van der Waals surface area contributed by atoms with E-state index in [1.54, 1.807) is 6.92 Å². The molecule has 0 bridgehead atoms. The van der Waals surface area contributed by atoms with Crippen LogP contribution >= 0.6 is 0 Å². The Balaban J connectivity index is 2.36. The van der Waals surface area contributed by atoms with Gasteiger partial charge in [-0.15, -0.1) is 0 Å². The third-order valence-corrected chi connectivity index (χ3v) is 2.56. The van der Waals surface area contributed by atoms with Crippen LogP contribution in [0.4, 0.5) is 0 Å². The quantitative estimate of drug-likeness (QED) is 0.588. The van der Waals surface area contributed by atoms with Gasteiger partial charge in [0.05, 0.1) is 12.0 Å². The van der Waals surface area contributed by atoms with E-state index in [1.807, 2.05) is 0 Å². The van der Waals surface area contributed by atoms with E-state index in [-0.39, 0.29) is 18.4 Å². The summed E-state index contributed by atoms with van der Waals surface area (Å²) in [7, 11) is 0. The van der Waals surface area contributed by atoms with Crippen LogP contribution in [0.25, 0.3) is 0 Å². The van der Waals surface area contributed by atoms with Crippen LogP contribution in [-0.4, -0.2) is 28.6 Å². The van der Waals surface area contributed by atoms with Crippen LogP contribution in [-0.2, 0) is 9.59 Å². The highest BCUT2D eigenvalue weighted by Crippen LogP contribution is 2.29. The van der Waals surface area contributed by atoms with Crippen molar-refractivity contribution in [2.45, 2.75) is 44.2 Å². The Bertz CT molecular complexity index is 248. The molecule has 1 aliphatic rings. The van der Waals surface area contributed by atoms with E-state index in [0.29, 0.717) is 12.8 Å². The van der Waals surface area contributed by atoms with Crippen LogP contribution in [0.2, 0.25) is 0 Å². The molecule has 1 amide bonds. The van der Waals surface area contributed by atoms with Gasteiger partial charge in [0.2, 0.25) is 5.91 Å². The summed E-state index contributed by atoms with van der Waals surface area (Å²) >= 11 is 0. The first-order valence-corrected chi connectivity index (χ1v) is 4.76. The van der Waals surface area contributed by atoms with Crippen molar-refractivity contribution in [3.05, 3.63) is 0 Å². The van der Waals surface area contributed by atoms with Gasteiger partial charge in [0.15, 0.2) is 0 Å². The first-order chi connectivity index (χ1) is 6.44. The summed E-state index contributed by atoms with van der Waals surface area (Å²) in [4.78, 5) is 21.9. The number of rotatable bonds is 4. The molecule has 0 radical (unpaired) electrons. The monoisotopic (exact) mass is 200 g/mol. The molecule has 0 aromatic heterocycles. The lowest BCUT2D eigenvalue weighted by Gasteiger charge is -2.37. The standard InChI is InChI=1S/C9H16N2O3/c1-6(5-7(12)13)11-8(14)9(10)3-2-4-9/h6H,2-5,10H2,1H3,(H,11,14)(H,12,13). The van der Waals surface area contributed by atoms with Crippen molar-refractivity contribution in [1.29, 1.82) is 0 Å². The van der Waals surface area contributed by atoms with E-state index in [9.17, 15) is 9.59 Å². The van der Waals surface area contributed by atoms with Crippen LogP contribution < -0.4 is 11.1 Å². The third kappa shape index (κ3) is 2.45. The highest BCUT2D eigenvalue weighted by molar-refractivity contribution is 5.87. The van der Waals surface area contributed by atoms with Crippen molar-refractivity contribution in [3.8, 4) is 0 Å². The van der Waals surface area contributed by atoms with Crippen molar-refractivity contribution in [2.24, 2.45) is 5.73 Å². The van der Waals surface area contributed by atoms with Gasteiger partial charge in [-0.3, -0.25) is 9.59 Å². The van der Waals surface area contributed by atoms with Gasteiger partial charge in [0.1, 0.15) is 0 Å². The maximum atomic E-state index is 11.5. The van der Waals surface area contributed by atoms with Gasteiger partial charge in [0.25, 0.3) is 0 Å². The Morgan fingerprint density at radius 1 is 1.57 bits per heavy atom. The molecule has 4 N–H and O–H groups in total. The molecule has 1 unspecified atom stereocenters. The summed E-state index contributed by atoms with van der Waals surface area (Å²) in [5, 5.41) is 11.1. The van der Waals surface area contributed by atoms with Gasteiger partial charge in [-0.05, 0) is 26.2 Å². The second kappa shape index (κ2) is 3.96. The van der Waals surface area contributed by atoms with E-state index in [1.165, 1.54) is 0 Å². The molecule has 0 aliphatic heterocycles. The number of carboxylic acid groups (broad SMARTS) is 1. The number of hydrogen-bond acceptors (Lipinski definition) is 3. The number of carbonyl (C=O) groups excluding carboxylic acids is 1. The number of nitrogens with two attached hydrogens (primary N) is 1. The molecule has 1 fully saturated rings. The fourth-order valence-electron chi connectivity index (χ4n) is 1.47. The highest BCUT2D eigenvalue weighted by atomic mass is 16.4. The zero-order valence-corrected chi connectivity index (χ0v) is 8.25. The third-order valence-electron chi connectivity index (χ3n) is 2.56. The van der Waals surface area contributed by atoms with Crippen LogP contribution in [0, 0.1) is 0 Å². The zero-order valence-electron chi connectivity index (χ0n) is 8.25. The molecule has 14 heavy (non-hydrogen) atoms. The molecule has 1 aliphatic carbocycles. The van der Waals surface area contributed by atoms with Crippen molar-refractivity contribution < 1.29 is 14.7 Å². The lowest BCUT2D eigenvalue weighted by Crippen LogP contribution is -2.60. The summed E-state index contributed by atoms with van der Waals surface area (Å²) in [5.74, 6) is -1.14. The molecular weight excluding hydrogens is 184 g/mol. The van der Waals surface area contributed by atoms with Gasteiger partial charge in [-0.25, -0.2) is 0 Å². The molecule has 0 saturated heterocycles. The van der Waals surface area contributed by atoms with Crippen molar-refractivity contribution in [3.63, 3.8) is 0 Å². The Labute approximate surface area is 82.7 Å². The molecule has 0 aromatic carbocycles. The minimum absolute atomic E-state index is 0.0676. The molecule has 1 atom stereocenters. The van der Waals surface area contributed by atoms with Crippen LogP contribution in [0.5, 0.6) is 0 Å². The maximum Gasteiger partial charge on any atom is 0.305 e. The van der Waals surface area contributed by atoms with Gasteiger partial charge in [-0.2, -0.15) is 0 Å². The number of carboxylic acids is 1. The summed E-state index contributed by atoms with van der Waals surface area (Å²) < 4.78 is 0. The average molecular weight is 200 g/mol. The SMILES string of the molecule is CC(CC(=O)O)NC(=O)C1(N)CCC1. The molecular formula is C9H16N2O3. The van der Waals surface area contributed by atoms with E-state index >= 15 is 0 Å². The summed E-state index contributed by atoms with van der Waals surface area (Å²) in [6.07, 6.45) is 2.29. The summed E-state index contributed by atoms with van der Waals surface area (Å²) in [6, 6.07) is -0.360. The molecule has 0 heterocycles. The number of carbonyl (C=O) groups is 2. The highest BCUT2D eigenvalue weighted by Gasteiger charge is 2.40. The Morgan fingerprint density at radius 2 is 2.14 bits per heavy atom. The predicted octanol–water partition coefficient (Wildman–Crippen LogP) is -0.153. The fraction of sp³-hybridized carbons (Fsp3) is 0.778. The minimum Gasteiger partial charge on any atom is -0.481 e. The molecule has 0 aromatic rings. The second-order valence-corrected chi connectivity index (χ2v) is 3.98. The molecule has 80 valence electrons. The van der Waals surface area contributed by atoms with Crippen molar-refractivity contribution in [1.82, 2.24) is 5.32 Å². The number of amides is 1. The Hall–Kier alpha value is -1.10. The predicted molar refractivity (Wildman–Crippen MR) is 50.6 cm³/mol. The van der Waals surface area contributed by atoms with E-state index in [2.05, 4.69) is 5.32 Å². The molecule has 0 spiro atoms. The minimum atomic E-state index is -0.919. The zero-order chi connectivity index (χ0) is 10.8. The maximum absolute atomic E-state index is 11.5. The van der Waals surface area contributed by atoms with Crippen LogP contribution in [0.15, 0.2) is 0 Å². The first kappa shape index (κ1) is 11.0. The Kier molecular flexibility index (Phi) is 3.10. The van der Waals surface area contributed by atoms with Gasteiger partial charge < -0.3 is 16.2 Å². The number of aliphatic carboxylic acids is 1. The average Bonchev–Trinajstić information content (AvgIpc) is 1.97. The van der Waals surface area contributed by atoms with Crippen LogP contribution in [0.1, 0.15) is 32.6 Å². The first-order valence-electron chi connectivity index (χ1n) is 4.76. The van der Waals surface area contributed by atoms with Crippen molar-refractivity contribution in [2.75, 3.05) is 0 Å². The number of nitrogens with one attached hydrogen (secondary N) is 1. The largest absolute Gasteiger partial charge is 0.481 e. The van der Waals surface area contributed by atoms with Crippen LogP contribution in [0.3, 0.4) is 0 Å². The normalized spacial score (nSPS) is 20.7. The van der Waals surface area contributed by atoms with E-state index in [0.717, 1.165) is 6.42 Å². The van der Waals surface area contributed by atoms with Crippen molar-refractivity contribution >= 4 is 11.9 Å². The van der Waals surface area contributed by atoms with Gasteiger partial charge >= 0.3 is 5.97 Å². The lowest BCUT2D eigenvalue weighted by molar-refractivity contribution is -0.138. The van der Waals surface area contributed by atoms with E-state index < -0.39 is 11.5 Å². The molecule has 5 heteroatoms. The molecule has 5 nitrogen and oxygen atoms in total. The Morgan fingerprint density at radius 3 is 2.50 bits per heavy atom. The topological polar surface area (TPSA) is 92.4 Å². The smallest absolute Gasteiger partial charge is 0.305 e. The second-order valence-electron chi connectivity index (χ2n) is 3.98. The van der Waals surface area contributed by atoms with Gasteiger partial charge in [0, 0.05) is 6.04 Å². The molecule has 1 saturated carbocycles.